The number of carbonyl (C=O) groups excluding carboxylic acids is 1. The van der Waals surface area contributed by atoms with Gasteiger partial charge in [0, 0.05) is 17.7 Å². The zero-order valence-corrected chi connectivity index (χ0v) is 12.3. The standard InChI is InChI=1S/C15H10N4O5/c1-24-15(21)9-4-8(5-10(6-9)19(22)23)11-2-3-12-13(18-11)14(20)17-7-16-12/h2-7H,1H3,(H,16,17,20). The summed E-state index contributed by atoms with van der Waals surface area (Å²) in [6.07, 6.45) is 1.26. The lowest BCUT2D eigenvalue weighted by atomic mass is 10.1. The zero-order chi connectivity index (χ0) is 17.3. The molecular formula is C15H10N4O5. The number of ether oxygens (including phenoxy) is 1. The summed E-state index contributed by atoms with van der Waals surface area (Å²) in [5, 5.41) is 11.1. The fraction of sp³-hybridized carbons (Fsp3) is 0.0667. The molecule has 0 fully saturated rings. The summed E-state index contributed by atoms with van der Waals surface area (Å²) in [6, 6.07) is 6.94. The van der Waals surface area contributed by atoms with E-state index in [2.05, 4.69) is 19.7 Å². The Morgan fingerprint density at radius 3 is 2.79 bits per heavy atom. The van der Waals surface area contributed by atoms with Crippen LogP contribution in [0.15, 0.2) is 41.5 Å². The van der Waals surface area contributed by atoms with Crippen molar-refractivity contribution in [2.75, 3.05) is 7.11 Å². The first-order valence-electron chi connectivity index (χ1n) is 6.72. The van der Waals surface area contributed by atoms with Crippen molar-refractivity contribution in [3.05, 3.63) is 62.7 Å². The van der Waals surface area contributed by atoms with E-state index in [1.807, 2.05) is 0 Å². The molecule has 0 bridgehead atoms. The van der Waals surface area contributed by atoms with Crippen LogP contribution in [-0.2, 0) is 4.74 Å². The molecule has 120 valence electrons. The molecule has 0 amide bonds. The fourth-order valence-electron chi connectivity index (χ4n) is 2.21. The maximum absolute atomic E-state index is 11.8. The number of methoxy groups -OCH3 is 1. The van der Waals surface area contributed by atoms with E-state index in [-0.39, 0.29) is 16.8 Å². The molecule has 1 aromatic carbocycles. The highest BCUT2D eigenvalue weighted by Crippen LogP contribution is 2.26. The monoisotopic (exact) mass is 326 g/mol. The minimum absolute atomic E-state index is 0.0173. The summed E-state index contributed by atoms with van der Waals surface area (Å²) in [6.45, 7) is 0. The number of fused-ring (bicyclic) bond motifs is 1. The molecule has 0 spiro atoms. The zero-order valence-electron chi connectivity index (χ0n) is 12.3. The molecular weight excluding hydrogens is 316 g/mol. The molecule has 0 radical (unpaired) electrons. The number of nitrogens with one attached hydrogen (secondary N) is 1. The Bertz CT molecular complexity index is 1030. The second kappa shape index (κ2) is 5.88. The van der Waals surface area contributed by atoms with Gasteiger partial charge in [0.05, 0.1) is 35.1 Å². The summed E-state index contributed by atoms with van der Waals surface area (Å²) >= 11 is 0. The number of hydrogen-bond acceptors (Lipinski definition) is 7. The van der Waals surface area contributed by atoms with Crippen LogP contribution < -0.4 is 5.56 Å². The number of carbonyl (C=O) groups is 1. The molecule has 0 aliphatic carbocycles. The number of nitrogens with zero attached hydrogens (tertiary/aromatic N) is 3. The van der Waals surface area contributed by atoms with Crippen LogP contribution in [-0.4, -0.2) is 33.0 Å². The number of aromatic nitrogens is 3. The minimum Gasteiger partial charge on any atom is -0.465 e. The van der Waals surface area contributed by atoms with E-state index < -0.39 is 16.5 Å². The van der Waals surface area contributed by atoms with Gasteiger partial charge in [0.2, 0.25) is 0 Å². The van der Waals surface area contributed by atoms with E-state index >= 15 is 0 Å². The van der Waals surface area contributed by atoms with Gasteiger partial charge in [-0.15, -0.1) is 0 Å². The second-order valence-corrected chi connectivity index (χ2v) is 4.81. The van der Waals surface area contributed by atoms with Crippen LogP contribution in [0.4, 0.5) is 5.69 Å². The van der Waals surface area contributed by atoms with E-state index in [0.717, 1.165) is 6.07 Å². The predicted molar refractivity (Wildman–Crippen MR) is 83.6 cm³/mol. The SMILES string of the molecule is COC(=O)c1cc(-c2ccc3nc[nH]c(=O)c3n2)cc([N+](=O)[O-])c1. The van der Waals surface area contributed by atoms with Crippen molar-refractivity contribution < 1.29 is 14.5 Å². The van der Waals surface area contributed by atoms with Gasteiger partial charge in [0.15, 0.2) is 5.52 Å². The van der Waals surface area contributed by atoms with Gasteiger partial charge < -0.3 is 9.72 Å². The van der Waals surface area contributed by atoms with Gasteiger partial charge in [-0.3, -0.25) is 14.9 Å². The summed E-state index contributed by atoms with van der Waals surface area (Å²) < 4.78 is 4.60. The molecule has 24 heavy (non-hydrogen) atoms. The van der Waals surface area contributed by atoms with Crippen molar-refractivity contribution >= 4 is 22.7 Å². The first-order chi connectivity index (χ1) is 11.5. The van der Waals surface area contributed by atoms with Crippen molar-refractivity contribution in [1.82, 2.24) is 15.0 Å². The molecule has 2 heterocycles. The van der Waals surface area contributed by atoms with E-state index in [1.54, 1.807) is 12.1 Å². The van der Waals surface area contributed by atoms with Crippen molar-refractivity contribution in [3.63, 3.8) is 0 Å². The predicted octanol–water partition coefficient (Wildman–Crippen LogP) is 1.68. The number of esters is 1. The van der Waals surface area contributed by atoms with Crippen LogP contribution in [0.2, 0.25) is 0 Å². The van der Waals surface area contributed by atoms with Gasteiger partial charge >= 0.3 is 5.97 Å². The molecule has 3 aromatic rings. The van der Waals surface area contributed by atoms with Gasteiger partial charge in [-0.2, -0.15) is 0 Å². The lowest BCUT2D eigenvalue weighted by molar-refractivity contribution is -0.384. The van der Waals surface area contributed by atoms with E-state index in [4.69, 9.17) is 0 Å². The van der Waals surface area contributed by atoms with E-state index in [1.165, 1.54) is 25.6 Å². The van der Waals surface area contributed by atoms with Crippen molar-refractivity contribution in [2.45, 2.75) is 0 Å². The highest BCUT2D eigenvalue weighted by atomic mass is 16.6. The van der Waals surface area contributed by atoms with Gasteiger partial charge in [-0.05, 0) is 18.2 Å². The maximum atomic E-state index is 11.8. The Balaban J connectivity index is 2.23. The lowest BCUT2D eigenvalue weighted by Gasteiger charge is -2.05. The van der Waals surface area contributed by atoms with Crippen molar-refractivity contribution in [3.8, 4) is 11.3 Å². The molecule has 2 aromatic heterocycles. The van der Waals surface area contributed by atoms with Crippen LogP contribution in [0.1, 0.15) is 10.4 Å². The number of nitro benzene ring substituents is 1. The third-order valence-electron chi connectivity index (χ3n) is 3.33. The average molecular weight is 326 g/mol. The normalized spacial score (nSPS) is 10.5. The lowest BCUT2D eigenvalue weighted by Crippen LogP contribution is -2.08. The number of benzene rings is 1. The van der Waals surface area contributed by atoms with E-state index in [9.17, 15) is 19.7 Å². The summed E-state index contributed by atoms with van der Waals surface area (Å²) in [5.74, 6) is -0.708. The van der Waals surface area contributed by atoms with Crippen LogP contribution >= 0.6 is 0 Å². The highest BCUT2D eigenvalue weighted by Gasteiger charge is 2.17. The Kier molecular flexibility index (Phi) is 3.74. The largest absolute Gasteiger partial charge is 0.465 e. The minimum atomic E-state index is -0.708. The van der Waals surface area contributed by atoms with Crippen LogP contribution in [0.5, 0.6) is 0 Å². The van der Waals surface area contributed by atoms with Gasteiger partial charge in [0.25, 0.3) is 11.2 Å². The van der Waals surface area contributed by atoms with Crippen LogP contribution in [0.3, 0.4) is 0 Å². The van der Waals surface area contributed by atoms with Crippen LogP contribution in [0.25, 0.3) is 22.3 Å². The number of rotatable bonds is 3. The molecule has 0 saturated heterocycles. The fourth-order valence-corrected chi connectivity index (χ4v) is 2.21. The molecule has 9 nitrogen and oxygen atoms in total. The quantitative estimate of drug-likeness (QED) is 0.440. The number of nitro groups is 1. The topological polar surface area (TPSA) is 128 Å². The van der Waals surface area contributed by atoms with E-state index in [0.29, 0.717) is 16.8 Å². The number of hydrogen-bond donors (Lipinski definition) is 1. The summed E-state index contributed by atoms with van der Waals surface area (Å²) in [7, 11) is 1.18. The Morgan fingerprint density at radius 2 is 2.08 bits per heavy atom. The molecule has 9 heteroatoms. The second-order valence-electron chi connectivity index (χ2n) is 4.81. The summed E-state index contributed by atoms with van der Waals surface area (Å²) in [4.78, 5) is 44.6. The molecule has 0 atom stereocenters. The first-order valence-corrected chi connectivity index (χ1v) is 6.72. The van der Waals surface area contributed by atoms with Gasteiger partial charge in [-0.1, -0.05) is 0 Å². The Labute approximate surface area is 134 Å². The third kappa shape index (κ3) is 2.70. The molecule has 0 unspecified atom stereocenters. The number of aromatic amines is 1. The van der Waals surface area contributed by atoms with Gasteiger partial charge in [-0.25, -0.2) is 14.8 Å². The molecule has 0 aliphatic rings. The number of non-ortho nitro benzene ring substituents is 1. The third-order valence-corrected chi connectivity index (χ3v) is 3.33. The smallest absolute Gasteiger partial charge is 0.338 e. The Hall–Kier alpha value is -3.62. The molecule has 3 rings (SSSR count). The Morgan fingerprint density at radius 1 is 1.29 bits per heavy atom. The number of H-pyrrole nitrogens is 1. The highest BCUT2D eigenvalue weighted by molar-refractivity contribution is 5.92. The van der Waals surface area contributed by atoms with Crippen LogP contribution in [0, 0.1) is 10.1 Å². The number of pyridine rings is 1. The molecule has 0 saturated carbocycles. The average Bonchev–Trinajstić information content (AvgIpc) is 2.60. The van der Waals surface area contributed by atoms with Crippen molar-refractivity contribution in [1.29, 1.82) is 0 Å². The maximum Gasteiger partial charge on any atom is 0.338 e. The first kappa shape index (κ1) is 15.3. The molecule has 0 aliphatic heterocycles. The van der Waals surface area contributed by atoms with Crippen molar-refractivity contribution in [2.24, 2.45) is 0 Å². The van der Waals surface area contributed by atoms with Gasteiger partial charge in [0.1, 0.15) is 0 Å². The summed E-state index contributed by atoms with van der Waals surface area (Å²) in [5.41, 5.74) is 0.408. The molecule has 1 N–H and O–H groups in total.